The van der Waals surface area contributed by atoms with Gasteiger partial charge in [-0.2, -0.15) is 0 Å². The molecule has 1 N–H and O–H groups in total. The van der Waals surface area contributed by atoms with Crippen molar-refractivity contribution in [2.45, 2.75) is 31.6 Å². The highest BCUT2D eigenvalue weighted by Gasteiger charge is 2.14. The molecule has 0 heterocycles. The van der Waals surface area contributed by atoms with Gasteiger partial charge in [-0.15, -0.1) is 0 Å². The summed E-state index contributed by atoms with van der Waals surface area (Å²) >= 11 is 3.61. The molecule has 1 atom stereocenters. The van der Waals surface area contributed by atoms with Crippen LogP contribution in [0.4, 0.5) is 0 Å². The van der Waals surface area contributed by atoms with E-state index >= 15 is 0 Å². The molecular formula is C13H20BrNO. The van der Waals surface area contributed by atoms with Crippen LogP contribution in [0, 0.1) is 6.92 Å². The Balaban J connectivity index is 3.27. The maximum absolute atomic E-state index is 5.42. The Hall–Kier alpha value is -0.540. The first-order valence-corrected chi connectivity index (χ1v) is 6.42. The van der Waals surface area contributed by atoms with Gasteiger partial charge in [-0.1, -0.05) is 29.8 Å². The van der Waals surface area contributed by atoms with E-state index in [1.807, 2.05) is 7.05 Å². The summed E-state index contributed by atoms with van der Waals surface area (Å²) in [6.45, 7) is 6.46. The molecule has 90 valence electrons. The van der Waals surface area contributed by atoms with Crippen LogP contribution in [0.5, 0.6) is 5.75 Å². The molecule has 1 aromatic carbocycles. The van der Waals surface area contributed by atoms with Gasteiger partial charge < -0.3 is 10.1 Å². The molecule has 0 aliphatic heterocycles. The maximum Gasteiger partial charge on any atom is 0.122 e. The lowest BCUT2D eigenvalue weighted by Crippen LogP contribution is -2.11. The molecule has 0 fully saturated rings. The fourth-order valence-corrected chi connectivity index (χ4v) is 2.27. The molecule has 0 bridgehead atoms. The van der Waals surface area contributed by atoms with Gasteiger partial charge in [-0.25, -0.2) is 0 Å². The van der Waals surface area contributed by atoms with Gasteiger partial charge in [-0.05, 0) is 48.7 Å². The predicted octanol–water partition coefficient (Wildman–Crippen LogP) is 3.74. The molecule has 1 unspecified atom stereocenters. The zero-order chi connectivity index (χ0) is 12.3. The third-order valence-corrected chi connectivity index (χ3v) is 3.72. The number of hydrogen-bond donors (Lipinski definition) is 1. The Bertz CT molecular complexity index is 363. The van der Waals surface area contributed by atoms with Crippen molar-refractivity contribution >= 4 is 15.9 Å². The van der Waals surface area contributed by atoms with Crippen LogP contribution in [-0.4, -0.2) is 14.2 Å². The average Bonchev–Trinajstić information content (AvgIpc) is 2.27. The third kappa shape index (κ3) is 2.77. The van der Waals surface area contributed by atoms with Crippen molar-refractivity contribution in [1.29, 1.82) is 0 Å². The van der Waals surface area contributed by atoms with E-state index in [4.69, 9.17) is 4.74 Å². The molecule has 0 saturated carbocycles. The number of hydrogen-bond acceptors (Lipinski definition) is 2. The van der Waals surface area contributed by atoms with Crippen LogP contribution < -0.4 is 10.1 Å². The van der Waals surface area contributed by atoms with Gasteiger partial charge in [0, 0.05) is 0 Å². The van der Waals surface area contributed by atoms with E-state index in [0.29, 0.717) is 5.92 Å². The molecular weight excluding hydrogens is 266 g/mol. The minimum Gasteiger partial charge on any atom is -0.496 e. The van der Waals surface area contributed by atoms with Crippen molar-refractivity contribution < 1.29 is 4.74 Å². The van der Waals surface area contributed by atoms with Crippen molar-refractivity contribution in [3.8, 4) is 5.75 Å². The van der Waals surface area contributed by atoms with Crippen LogP contribution in [-0.2, 0) is 0 Å². The molecule has 0 aliphatic carbocycles. The Morgan fingerprint density at radius 1 is 1.25 bits per heavy atom. The zero-order valence-corrected chi connectivity index (χ0v) is 12.2. The second kappa shape index (κ2) is 5.69. The van der Waals surface area contributed by atoms with Crippen LogP contribution >= 0.6 is 15.9 Å². The van der Waals surface area contributed by atoms with Crippen molar-refractivity contribution in [3.63, 3.8) is 0 Å². The molecule has 1 aromatic rings. The summed E-state index contributed by atoms with van der Waals surface area (Å²) in [6, 6.07) is 4.32. The first-order chi connectivity index (χ1) is 7.51. The van der Waals surface area contributed by atoms with Crippen molar-refractivity contribution in [2.75, 3.05) is 14.2 Å². The molecule has 1 rings (SSSR count). The van der Waals surface area contributed by atoms with Crippen molar-refractivity contribution in [3.05, 3.63) is 28.8 Å². The lowest BCUT2D eigenvalue weighted by Gasteiger charge is -2.18. The summed E-state index contributed by atoms with van der Waals surface area (Å²) in [5.74, 6) is 1.44. The molecule has 3 heteroatoms. The van der Waals surface area contributed by atoms with E-state index in [9.17, 15) is 0 Å². The summed E-state index contributed by atoms with van der Waals surface area (Å²) in [5, 5.41) is 3.20. The fraction of sp³-hybridized carbons (Fsp3) is 0.538. The van der Waals surface area contributed by atoms with Gasteiger partial charge in [0.1, 0.15) is 5.75 Å². The smallest absolute Gasteiger partial charge is 0.122 e. The van der Waals surface area contributed by atoms with Crippen LogP contribution in [0.3, 0.4) is 0 Å². The normalized spacial score (nSPS) is 12.9. The highest BCUT2D eigenvalue weighted by atomic mass is 79.9. The van der Waals surface area contributed by atoms with E-state index in [1.54, 1.807) is 7.11 Å². The SMILES string of the molecule is CNC(Br)c1cc(C(C)C)c(OC)cc1C. The van der Waals surface area contributed by atoms with Gasteiger partial charge in [0.25, 0.3) is 0 Å². The highest BCUT2D eigenvalue weighted by Crippen LogP contribution is 2.33. The van der Waals surface area contributed by atoms with Gasteiger partial charge in [0.15, 0.2) is 0 Å². The number of alkyl halides is 1. The number of methoxy groups -OCH3 is 1. The summed E-state index contributed by atoms with van der Waals surface area (Å²) < 4.78 is 5.42. The topological polar surface area (TPSA) is 21.3 Å². The summed E-state index contributed by atoms with van der Waals surface area (Å²) in [4.78, 5) is 0.191. The molecule has 0 aliphatic rings. The first kappa shape index (κ1) is 13.5. The Kier molecular flexibility index (Phi) is 4.81. The zero-order valence-electron chi connectivity index (χ0n) is 10.6. The van der Waals surface area contributed by atoms with E-state index in [2.05, 4.69) is 54.2 Å². The first-order valence-electron chi connectivity index (χ1n) is 5.51. The summed E-state index contributed by atoms with van der Waals surface area (Å²) in [6.07, 6.45) is 0. The van der Waals surface area contributed by atoms with E-state index in [0.717, 1.165) is 5.75 Å². The number of nitrogens with one attached hydrogen (secondary N) is 1. The van der Waals surface area contributed by atoms with Crippen LogP contribution in [0.15, 0.2) is 12.1 Å². The fourth-order valence-electron chi connectivity index (χ4n) is 1.77. The monoisotopic (exact) mass is 285 g/mol. The molecule has 0 spiro atoms. The summed E-state index contributed by atoms with van der Waals surface area (Å²) in [5.41, 5.74) is 3.76. The number of halogens is 1. The number of rotatable bonds is 4. The summed E-state index contributed by atoms with van der Waals surface area (Å²) in [7, 11) is 3.67. The number of ether oxygens (including phenoxy) is 1. The molecule has 0 radical (unpaired) electrons. The highest BCUT2D eigenvalue weighted by molar-refractivity contribution is 9.09. The number of aryl methyl sites for hydroxylation is 1. The van der Waals surface area contributed by atoms with Gasteiger partial charge in [-0.3, -0.25) is 0 Å². The lowest BCUT2D eigenvalue weighted by molar-refractivity contribution is 0.407. The van der Waals surface area contributed by atoms with E-state index in [-0.39, 0.29) is 4.95 Å². The number of benzene rings is 1. The van der Waals surface area contributed by atoms with Crippen molar-refractivity contribution in [1.82, 2.24) is 5.32 Å². The minimum absolute atomic E-state index is 0.191. The standard InChI is InChI=1S/C13H20BrNO/c1-8(2)10-7-11(13(14)15-4)9(3)6-12(10)16-5/h6-8,13,15H,1-5H3. The molecule has 16 heavy (non-hydrogen) atoms. The third-order valence-electron chi connectivity index (χ3n) is 2.77. The quantitative estimate of drug-likeness (QED) is 0.672. The second-order valence-corrected chi connectivity index (χ2v) is 5.17. The Morgan fingerprint density at radius 2 is 1.88 bits per heavy atom. The van der Waals surface area contributed by atoms with E-state index in [1.165, 1.54) is 16.7 Å². The van der Waals surface area contributed by atoms with Crippen LogP contribution in [0.25, 0.3) is 0 Å². The minimum atomic E-state index is 0.191. The van der Waals surface area contributed by atoms with E-state index < -0.39 is 0 Å². The van der Waals surface area contributed by atoms with Gasteiger partial charge in [0.2, 0.25) is 0 Å². The van der Waals surface area contributed by atoms with Crippen LogP contribution in [0.2, 0.25) is 0 Å². The average molecular weight is 286 g/mol. The largest absolute Gasteiger partial charge is 0.496 e. The van der Waals surface area contributed by atoms with Crippen molar-refractivity contribution in [2.24, 2.45) is 0 Å². The molecule has 2 nitrogen and oxygen atoms in total. The van der Waals surface area contributed by atoms with Gasteiger partial charge in [0.05, 0.1) is 12.1 Å². The molecule has 0 saturated heterocycles. The van der Waals surface area contributed by atoms with Gasteiger partial charge >= 0.3 is 0 Å². The Morgan fingerprint density at radius 3 is 2.31 bits per heavy atom. The lowest BCUT2D eigenvalue weighted by atomic mass is 9.96. The predicted molar refractivity (Wildman–Crippen MR) is 72.5 cm³/mol. The second-order valence-electron chi connectivity index (χ2n) is 4.26. The molecule has 0 amide bonds. The van der Waals surface area contributed by atoms with Crippen LogP contribution in [0.1, 0.15) is 41.4 Å². The molecule has 0 aromatic heterocycles. The Labute approximate surface area is 107 Å². The maximum atomic E-state index is 5.42.